The molecule has 0 fully saturated rings. The maximum absolute atomic E-state index is 12.3. The molecule has 0 saturated heterocycles. The lowest BCUT2D eigenvalue weighted by Gasteiger charge is -2.11. The lowest BCUT2D eigenvalue weighted by molar-refractivity contribution is -0.124. The van der Waals surface area contributed by atoms with Gasteiger partial charge in [-0.25, -0.2) is 0 Å². The van der Waals surface area contributed by atoms with Crippen LogP contribution in [0.15, 0.2) is 78.9 Å². The van der Waals surface area contributed by atoms with Crippen molar-refractivity contribution in [3.63, 3.8) is 0 Å². The summed E-state index contributed by atoms with van der Waals surface area (Å²) in [5.41, 5.74) is 7.72. The quantitative estimate of drug-likeness (QED) is 0.315. The van der Waals surface area contributed by atoms with Crippen molar-refractivity contribution in [2.75, 3.05) is 5.32 Å². The Morgan fingerprint density at radius 3 is 2.03 bits per heavy atom. The van der Waals surface area contributed by atoms with Gasteiger partial charge in [-0.2, -0.15) is 0 Å². The van der Waals surface area contributed by atoms with E-state index in [0.717, 1.165) is 11.1 Å². The lowest BCUT2D eigenvalue weighted by atomic mass is 10.0. The third-order valence-electron chi connectivity index (χ3n) is 4.52. The summed E-state index contributed by atoms with van der Waals surface area (Å²) >= 11 is 11.0. The third-order valence-corrected chi connectivity index (χ3v) is 5.06. The molecule has 0 radical (unpaired) electrons. The molecule has 0 bridgehead atoms. The van der Waals surface area contributed by atoms with Crippen molar-refractivity contribution in [2.24, 2.45) is 0 Å². The molecule has 3 amide bonds. The molecule has 9 heteroatoms. The van der Waals surface area contributed by atoms with Crippen LogP contribution >= 0.6 is 23.8 Å². The Morgan fingerprint density at radius 1 is 0.727 bits per heavy atom. The van der Waals surface area contributed by atoms with E-state index in [2.05, 4.69) is 21.5 Å². The van der Waals surface area contributed by atoms with Gasteiger partial charge in [-0.1, -0.05) is 66.2 Å². The van der Waals surface area contributed by atoms with Gasteiger partial charge < -0.3 is 5.32 Å². The molecule has 0 aliphatic rings. The molecule has 0 aromatic heterocycles. The highest BCUT2D eigenvalue weighted by Crippen LogP contribution is 2.21. The first-order valence-electron chi connectivity index (χ1n) is 10.0. The van der Waals surface area contributed by atoms with E-state index in [1.54, 1.807) is 36.4 Å². The minimum atomic E-state index is -0.465. The molecule has 7 nitrogen and oxygen atoms in total. The predicted molar refractivity (Wildman–Crippen MR) is 133 cm³/mol. The number of anilines is 1. The van der Waals surface area contributed by atoms with Gasteiger partial charge >= 0.3 is 0 Å². The van der Waals surface area contributed by atoms with E-state index >= 15 is 0 Å². The van der Waals surface area contributed by atoms with Crippen LogP contribution in [0.2, 0.25) is 5.02 Å². The smallest absolute Gasteiger partial charge is 0.257 e. The molecule has 3 rings (SSSR count). The zero-order valence-electron chi connectivity index (χ0n) is 17.4. The Balaban J connectivity index is 1.39. The van der Waals surface area contributed by atoms with Crippen LogP contribution in [0.5, 0.6) is 0 Å². The summed E-state index contributed by atoms with van der Waals surface area (Å²) in [6, 6.07) is 23.7. The van der Waals surface area contributed by atoms with Crippen LogP contribution in [-0.4, -0.2) is 22.8 Å². The molecule has 0 unspecified atom stereocenters. The molecule has 0 saturated carbocycles. The number of rotatable bonds is 6. The molecule has 3 aromatic rings. The number of nitrogens with one attached hydrogen (secondary N) is 4. The van der Waals surface area contributed by atoms with Gasteiger partial charge in [-0.3, -0.25) is 30.6 Å². The predicted octanol–water partition coefficient (Wildman–Crippen LogP) is 4.06. The van der Waals surface area contributed by atoms with Crippen molar-refractivity contribution in [1.82, 2.24) is 16.2 Å². The molecule has 33 heavy (non-hydrogen) atoms. The fourth-order valence-electron chi connectivity index (χ4n) is 2.84. The fourth-order valence-corrected chi connectivity index (χ4v) is 3.17. The van der Waals surface area contributed by atoms with Crippen LogP contribution in [0.25, 0.3) is 11.1 Å². The van der Waals surface area contributed by atoms with E-state index in [4.69, 9.17) is 23.8 Å². The number of hydrazine groups is 1. The highest BCUT2D eigenvalue weighted by Gasteiger charge is 2.11. The summed E-state index contributed by atoms with van der Waals surface area (Å²) < 4.78 is 0. The van der Waals surface area contributed by atoms with Crippen LogP contribution in [0, 0.1) is 0 Å². The van der Waals surface area contributed by atoms with E-state index in [1.165, 1.54) is 0 Å². The molecule has 0 aliphatic carbocycles. The van der Waals surface area contributed by atoms with Gasteiger partial charge in [0.25, 0.3) is 5.91 Å². The van der Waals surface area contributed by atoms with Crippen molar-refractivity contribution in [3.8, 4) is 11.1 Å². The number of para-hydroxylation sites is 1. The summed E-state index contributed by atoms with van der Waals surface area (Å²) in [4.78, 5) is 36.3. The number of carbonyl (C=O) groups excluding carboxylic acids is 3. The number of hydrogen-bond acceptors (Lipinski definition) is 4. The number of hydrogen-bond donors (Lipinski definition) is 4. The summed E-state index contributed by atoms with van der Waals surface area (Å²) in [6.45, 7) is 0. The van der Waals surface area contributed by atoms with Crippen molar-refractivity contribution < 1.29 is 14.4 Å². The minimum absolute atomic E-state index is 0.0500. The molecule has 168 valence electrons. The van der Waals surface area contributed by atoms with Crippen molar-refractivity contribution >= 4 is 52.3 Å². The van der Waals surface area contributed by atoms with Crippen molar-refractivity contribution in [1.29, 1.82) is 0 Å². The molecule has 0 spiro atoms. The molecule has 0 aliphatic heterocycles. The van der Waals surface area contributed by atoms with Gasteiger partial charge in [0, 0.05) is 18.4 Å². The normalized spacial score (nSPS) is 10.1. The third kappa shape index (κ3) is 7.41. The minimum Gasteiger partial charge on any atom is -0.325 e. The van der Waals surface area contributed by atoms with Gasteiger partial charge in [0.05, 0.1) is 10.7 Å². The zero-order valence-corrected chi connectivity index (χ0v) is 19.0. The van der Waals surface area contributed by atoms with Crippen molar-refractivity contribution in [3.05, 3.63) is 89.4 Å². The zero-order chi connectivity index (χ0) is 23.6. The van der Waals surface area contributed by atoms with Gasteiger partial charge in [0.2, 0.25) is 11.8 Å². The first-order chi connectivity index (χ1) is 15.9. The second-order valence-corrected chi connectivity index (χ2v) is 7.74. The van der Waals surface area contributed by atoms with Gasteiger partial charge in [0.1, 0.15) is 0 Å². The summed E-state index contributed by atoms with van der Waals surface area (Å²) in [7, 11) is 0. The van der Waals surface area contributed by atoms with Gasteiger partial charge in [0.15, 0.2) is 5.11 Å². The Labute approximate surface area is 201 Å². The molecule has 0 heterocycles. The maximum Gasteiger partial charge on any atom is 0.257 e. The lowest BCUT2D eigenvalue weighted by Crippen LogP contribution is -2.48. The van der Waals surface area contributed by atoms with Crippen LogP contribution in [-0.2, 0) is 9.59 Å². The highest BCUT2D eigenvalue weighted by molar-refractivity contribution is 7.80. The SMILES string of the molecule is O=C(CCC(=O)Nc1ccccc1Cl)NNC(=S)NC(=O)c1ccc(-c2ccccc2)cc1. The average molecular weight is 481 g/mol. The van der Waals surface area contributed by atoms with Gasteiger partial charge in [-0.05, 0) is 47.6 Å². The summed E-state index contributed by atoms with van der Waals surface area (Å²) in [5, 5.41) is 5.46. The summed E-state index contributed by atoms with van der Waals surface area (Å²) in [6.07, 6.45) is -0.133. The summed E-state index contributed by atoms with van der Waals surface area (Å²) in [5.74, 6) is -1.23. The number of thiocarbonyl (C=S) groups is 1. The Hall–Kier alpha value is -3.75. The Morgan fingerprint density at radius 2 is 1.33 bits per heavy atom. The molecular formula is C24H21ClN4O3S. The maximum atomic E-state index is 12.3. The monoisotopic (exact) mass is 480 g/mol. The van der Waals surface area contributed by atoms with Crippen LogP contribution < -0.4 is 21.5 Å². The topological polar surface area (TPSA) is 99.3 Å². The number of carbonyl (C=O) groups is 3. The molecular weight excluding hydrogens is 460 g/mol. The van der Waals surface area contributed by atoms with E-state index in [1.807, 2.05) is 42.5 Å². The number of benzene rings is 3. The number of halogens is 1. The van der Waals surface area contributed by atoms with Crippen molar-refractivity contribution in [2.45, 2.75) is 12.8 Å². The average Bonchev–Trinajstić information content (AvgIpc) is 2.83. The highest BCUT2D eigenvalue weighted by atomic mass is 35.5. The van der Waals surface area contributed by atoms with Crippen LogP contribution in [0.4, 0.5) is 5.69 Å². The number of amides is 3. The van der Waals surface area contributed by atoms with Crippen LogP contribution in [0.1, 0.15) is 23.2 Å². The second-order valence-electron chi connectivity index (χ2n) is 6.93. The second kappa shape index (κ2) is 11.8. The van der Waals surface area contributed by atoms with Gasteiger partial charge in [-0.15, -0.1) is 0 Å². The molecule has 4 N–H and O–H groups in total. The van der Waals surface area contributed by atoms with E-state index < -0.39 is 11.8 Å². The first kappa shape index (κ1) is 23.9. The standard InChI is InChI=1S/C24H21ClN4O3S/c25-19-8-4-5-9-20(19)26-21(30)14-15-22(31)28-29-24(33)27-23(32)18-12-10-17(11-13-18)16-6-2-1-3-7-16/h1-13H,14-15H2,(H,26,30)(H,28,31)(H2,27,29,32,33). The largest absolute Gasteiger partial charge is 0.325 e. The molecule has 3 aromatic carbocycles. The Kier molecular flexibility index (Phi) is 8.51. The van der Waals surface area contributed by atoms with Crippen LogP contribution in [0.3, 0.4) is 0 Å². The van der Waals surface area contributed by atoms with E-state index in [9.17, 15) is 14.4 Å². The van der Waals surface area contributed by atoms with E-state index in [-0.39, 0.29) is 23.9 Å². The molecule has 0 atom stereocenters. The fraction of sp³-hybridized carbons (Fsp3) is 0.0833. The first-order valence-corrected chi connectivity index (χ1v) is 10.8. The van der Waals surface area contributed by atoms with E-state index in [0.29, 0.717) is 16.3 Å². The Bertz CT molecular complexity index is 1150.